The molecule has 7 nitrogen and oxygen atoms in total. The minimum absolute atomic E-state index is 0.0358. The van der Waals surface area contributed by atoms with Crippen LogP contribution in [0.5, 0.6) is 5.75 Å². The molecule has 0 aliphatic heterocycles. The fourth-order valence-corrected chi connectivity index (χ4v) is 3.74. The first-order valence-corrected chi connectivity index (χ1v) is 9.88. The number of benzene rings is 1. The number of rotatable bonds is 7. The number of aromatic hydroxyl groups is 1. The van der Waals surface area contributed by atoms with Crippen molar-refractivity contribution in [2.45, 2.75) is 18.6 Å². The van der Waals surface area contributed by atoms with Crippen molar-refractivity contribution in [1.82, 2.24) is 4.90 Å². The number of carbonyl (C=O) groups excluding carboxylic acids is 1. The zero-order valence-corrected chi connectivity index (χ0v) is 17.2. The molecule has 0 aliphatic rings. The normalized spacial score (nSPS) is 12.5. The molecule has 1 heterocycles. The number of carbonyl (C=O) groups is 1. The van der Waals surface area contributed by atoms with E-state index in [1.165, 1.54) is 43.3 Å². The second-order valence-corrected chi connectivity index (χ2v) is 7.95. The molecule has 31 heavy (non-hydrogen) atoms. The lowest BCUT2D eigenvalue weighted by Crippen LogP contribution is -2.38. The number of phenols is 1. The topological polar surface area (TPSA) is 98.7 Å². The molecule has 0 bridgehead atoms. The van der Waals surface area contributed by atoms with Crippen molar-refractivity contribution in [3.8, 4) is 5.75 Å². The molecule has 1 aromatic heterocycles. The summed E-state index contributed by atoms with van der Waals surface area (Å²) in [6.45, 7) is 0. The molecule has 3 rings (SSSR count). The third kappa shape index (κ3) is 4.71. The monoisotopic (exact) mass is 453 g/mol. The third-order valence-electron chi connectivity index (χ3n) is 4.48. The van der Waals surface area contributed by atoms with Crippen molar-refractivity contribution in [2.75, 3.05) is 24.7 Å². The molecule has 0 aliphatic carbocycles. The number of anilines is 3. The van der Waals surface area contributed by atoms with Gasteiger partial charge < -0.3 is 20.6 Å². The molecule has 0 unspecified atom stereocenters. The smallest absolute Gasteiger partial charge is 0.391 e. The second kappa shape index (κ2) is 8.42. The Balaban J connectivity index is 1.92. The van der Waals surface area contributed by atoms with Crippen LogP contribution in [0.2, 0.25) is 0 Å². The molecule has 2 aromatic carbocycles. The molecule has 0 radical (unpaired) electrons. The highest BCUT2D eigenvalue weighted by molar-refractivity contribution is 7.10. The van der Waals surface area contributed by atoms with Crippen LogP contribution in [0.25, 0.3) is 0 Å². The SMILES string of the molecule is CN(C)C(=O)c1cccc(Nc2c(N[C@H](CC(F)(F)F)c3cccs3)c(=O)c2=O)c1O. The van der Waals surface area contributed by atoms with E-state index in [0.29, 0.717) is 4.88 Å². The molecular weight excluding hydrogens is 435 g/mol. The van der Waals surface area contributed by atoms with Gasteiger partial charge in [0.2, 0.25) is 0 Å². The van der Waals surface area contributed by atoms with Crippen LogP contribution >= 0.6 is 11.3 Å². The molecule has 0 fully saturated rings. The number of nitrogens with one attached hydrogen (secondary N) is 2. The largest absolute Gasteiger partial charge is 0.505 e. The van der Waals surface area contributed by atoms with Crippen LogP contribution in [0.3, 0.4) is 0 Å². The van der Waals surface area contributed by atoms with E-state index in [0.717, 1.165) is 11.3 Å². The quantitative estimate of drug-likeness (QED) is 0.374. The standard InChI is InChI=1S/C20H18F3N3O4S/c1-26(2)19(30)10-5-3-6-11(16(10)27)24-14-15(18(29)17(14)28)25-12(9-20(21,22)23)13-7-4-8-31-13/h3-8,12,24-25,27H,9H2,1-2H3/t12-/m1/s1. The summed E-state index contributed by atoms with van der Waals surface area (Å²) in [7, 11) is 2.98. The Morgan fingerprint density at radius 2 is 1.81 bits per heavy atom. The number of thiophene rings is 1. The highest BCUT2D eigenvalue weighted by Crippen LogP contribution is 2.36. The van der Waals surface area contributed by atoms with Crippen molar-refractivity contribution in [3.05, 3.63) is 66.6 Å². The van der Waals surface area contributed by atoms with Gasteiger partial charge in [-0.25, -0.2) is 0 Å². The van der Waals surface area contributed by atoms with E-state index in [-0.39, 0.29) is 22.6 Å². The Morgan fingerprint density at radius 1 is 1.13 bits per heavy atom. The molecule has 1 atom stereocenters. The van der Waals surface area contributed by atoms with Crippen LogP contribution in [0.1, 0.15) is 27.7 Å². The molecule has 0 saturated heterocycles. The lowest BCUT2D eigenvalue weighted by atomic mass is 10.1. The number of nitrogens with zero attached hydrogens (tertiary/aromatic N) is 1. The summed E-state index contributed by atoms with van der Waals surface area (Å²) in [5.41, 5.74) is -2.58. The number of alkyl halides is 3. The zero-order valence-electron chi connectivity index (χ0n) is 16.4. The molecule has 3 N–H and O–H groups in total. The highest BCUT2D eigenvalue weighted by Gasteiger charge is 2.35. The first-order valence-electron chi connectivity index (χ1n) is 9.00. The van der Waals surface area contributed by atoms with E-state index in [1.807, 2.05) is 0 Å². The maximum Gasteiger partial charge on any atom is 0.391 e. The molecular formula is C20H18F3N3O4S. The van der Waals surface area contributed by atoms with E-state index in [1.54, 1.807) is 11.4 Å². The van der Waals surface area contributed by atoms with Gasteiger partial charge in [-0.05, 0) is 23.6 Å². The van der Waals surface area contributed by atoms with Gasteiger partial charge in [-0.3, -0.25) is 14.4 Å². The summed E-state index contributed by atoms with van der Waals surface area (Å²) in [6, 6.07) is 6.01. The van der Waals surface area contributed by atoms with E-state index in [4.69, 9.17) is 0 Å². The number of amides is 1. The first kappa shape index (κ1) is 22.3. The minimum atomic E-state index is -4.51. The number of phenolic OH excluding ortho intramolecular Hbond substituents is 1. The molecule has 1 amide bonds. The van der Waals surface area contributed by atoms with Crippen molar-refractivity contribution >= 4 is 34.3 Å². The number of halogens is 3. The lowest BCUT2D eigenvalue weighted by molar-refractivity contribution is -0.137. The molecule has 0 saturated carbocycles. The van der Waals surface area contributed by atoms with Gasteiger partial charge in [0.1, 0.15) is 11.4 Å². The van der Waals surface area contributed by atoms with Crippen LogP contribution in [0.15, 0.2) is 45.3 Å². The van der Waals surface area contributed by atoms with Gasteiger partial charge in [0.15, 0.2) is 5.75 Å². The maximum atomic E-state index is 13.0. The van der Waals surface area contributed by atoms with E-state index < -0.39 is 41.2 Å². The lowest BCUT2D eigenvalue weighted by Gasteiger charge is -2.23. The third-order valence-corrected chi connectivity index (χ3v) is 5.47. The number of hydrogen-bond donors (Lipinski definition) is 3. The fraction of sp³-hybridized carbons (Fsp3) is 0.250. The Kier molecular flexibility index (Phi) is 6.07. The Labute approximate surface area is 178 Å². The molecule has 3 aromatic rings. The van der Waals surface area contributed by atoms with Crippen molar-refractivity contribution in [3.63, 3.8) is 0 Å². The van der Waals surface area contributed by atoms with Gasteiger partial charge in [0.05, 0.1) is 23.7 Å². The molecule has 0 spiro atoms. The van der Waals surface area contributed by atoms with Gasteiger partial charge in [0.25, 0.3) is 16.8 Å². The Morgan fingerprint density at radius 3 is 2.39 bits per heavy atom. The maximum absolute atomic E-state index is 13.0. The van der Waals surface area contributed by atoms with Crippen molar-refractivity contribution in [2.24, 2.45) is 0 Å². The highest BCUT2D eigenvalue weighted by atomic mass is 32.1. The van der Waals surface area contributed by atoms with Gasteiger partial charge >= 0.3 is 6.18 Å². The first-order chi connectivity index (χ1) is 14.5. The number of para-hydroxylation sites is 1. The summed E-state index contributed by atoms with van der Waals surface area (Å²) in [4.78, 5) is 37.9. The number of hydrogen-bond acceptors (Lipinski definition) is 7. The fourth-order valence-electron chi connectivity index (χ4n) is 2.96. The summed E-state index contributed by atoms with van der Waals surface area (Å²) >= 11 is 1.08. The van der Waals surface area contributed by atoms with Crippen molar-refractivity contribution in [1.29, 1.82) is 0 Å². The summed E-state index contributed by atoms with van der Waals surface area (Å²) in [5.74, 6) is -0.947. The average Bonchev–Trinajstić information content (AvgIpc) is 3.23. The Hall–Kier alpha value is -3.34. The second-order valence-electron chi connectivity index (χ2n) is 6.97. The molecule has 164 valence electrons. The van der Waals surface area contributed by atoms with E-state index in [9.17, 15) is 32.7 Å². The van der Waals surface area contributed by atoms with Crippen LogP contribution in [-0.2, 0) is 0 Å². The van der Waals surface area contributed by atoms with Gasteiger partial charge in [-0.2, -0.15) is 13.2 Å². The molecule has 11 heteroatoms. The van der Waals surface area contributed by atoms with Crippen LogP contribution in [0.4, 0.5) is 30.2 Å². The van der Waals surface area contributed by atoms with Crippen LogP contribution in [0, 0.1) is 0 Å². The predicted molar refractivity (Wildman–Crippen MR) is 112 cm³/mol. The predicted octanol–water partition coefficient (Wildman–Crippen LogP) is 3.60. The van der Waals surface area contributed by atoms with E-state index >= 15 is 0 Å². The van der Waals surface area contributed by atoms with Crippen molar-refractivity contribution < 1.29 is 23.1 Å². The summed E-state index contributed by atoms with van der Waals surface area (Å²) in [5, 5.41) is 17.1. The average molecular weight is 453 g/mol. The van der Waals surface area contributed by atoms with Crippen LogP contribution < -0.4 is 21.5 Å². The zero-order chi connectivity index (χ0) is 22.9. The van der Waals surface area contributed by atoms with E-state index in [2.05, 4.69) is 10.6 Å². The summed E-state index contributed by atoms with van der Waals surface area (Å²) in [6.07, 6.45) is -5.75. The Bertz CT molecular complexity index is 1170. The van der Waals surface area contributed by atoms with Gasteiger partial charge in [-0.1, -0.05) is 12.1 Å². The van der Waals surface area contributed by atoms with Gasteiger partial charge in [0, 0.05) is 19.0 Å². The summed E-state index contributed by atoms with van der Waals surface area (Å²) < 4.78 is 39.1. The van der Waals surface area contributed by atoms with Crippen LogP contribution in [-0.4, -0.2) is 36.2 Å². The van der Waals surface area contributed by atoms with Gasteiger partial charge in [-0.15, -0.1) is 11.3 Å². The minimum Gasteiger partial charge on any atom is -0.505 e.